The Kier molecular flexibility index (Phi) is 8.11. The number of carbonyl (C=O) groups is 1. The predicted molar refractivity (Wildman–Crippen MR) is 119 cm³/mol. The average molecular weight is 413 g/mol. The van der Waals surface area contributed by atoms with E-state index < -0.39 is 0 Å². The number of nitrogens with zero attached hydrogens (tertiary/aromatic N) is 3. The second-order valence-corrected chi connectivity index (χ2v) is 7.40. The maximum absolute atomic E-state index is 12.0. The van der Waals surface area contributed by atoms with E-state index >= 15 is 0 Å². The summed E-state index contributed by atoms with van der Waals surface area (Å²) in [5, 5.41) is 9.74. The number of guanidine groups is 1. The maximum Gasteiger partial charge on any atom is 0.287 e. The largest absolute Gasteiger partial charge is 0.459 e. The molecule has 162 valence electrons. The van der Waals surface area contributed by atoms with E-state index in [4.69, 9.17) is 4.42 Å². The highest BCUT2D eigenvalue weighted by atomic mass is 16.3. The molecule has 2 aromatic heterocycles. The molecular weight excluding hydrogens is 380 g/mol. The zero-order chi connectivity index (χ0) is 21.2. The number of aryl methyl sites for hydroxylation is 1. The Hall–Kier alpha value is -3.03. The number of hydrogen-bond donors (Lipinski definition) is 3. The van der Waals surface area contributed by atoms with Gasteiger partial charge in [-0.05, 0) is 51.3 Å². The van der Waals surface area contributed by atoms with Gasteiger partial charge in [0.05, 0.1) is 6.26 Å². The molecule has 3 rings (SSSR count). The van der Waals surface area contributed by atoms with Crippen LogP contribution in [0.2, 0.25) is 0 Å². The van der Waals surface area contributed by atoms with Crippen molar-refractivity contribution in [3.8, 4) is 0 Å². The molecule has 8 heteroatoms. The number of carbonyl (C=O) groups excluding carboxylic acids is 1. The van der Waals surface area contributed by atoms with Gasteiger partial charge in [0.1, 0.15) is 5.82 Å². The Morgan fingerprint density at radius 2 is 2.10 bits per heavy atom. The minimum absolute atomic E-state index is 0.175. The summed E-state index contributed by atoms with van der Waals surface area (Å²) < 4.78 is 5.21. The SMILES string of the molecule is CCNC(=NCCCNC(=O)c1occc1C)NC1CCN(c2ccccn2)CC1. The van der Waals surface area contributed by atoms with Crippen molar-refractivity contribution in [2.75, 3.05) is 37.6 Å². The summed E-state index contributed by atoms with van der Waals surface area (Å²) in [6.45, 7) is 7.89. The van der Waals surface area contributed by atoms with Crippen molar-refractivity contribution in [1.29, 1.82) is 0 Å². The molecule has 0 aromatic carbocycles. The summed E-state index contributed by atoms with van der Waals surface area (Å²) in [6, 6.07) is 8.21. The van der Waals surface area contributed by atoms with E-state index in [0.717, 1.165) is 56.2 Å². The summed E-state index contributed by atoms with van der Waals surface area (Å²) in [4.78, 5) is 23.5. The molecule has 0 unspecified atom stereocenters. The molecule has 1 saturated heterocycles. The lowest BCUT2D eigenvalue weighted by Gasteiger charge is -2.33. The Balaban J connectivity index is 1.39. The molecule has 1 fully saturated rings. The molecule has 3 heterocycles. The van der Waals surface area contributed by atoms with Gasteiger partial charge < -0.3 is 25.3 Å². The van der Waals surface area contributed by atoms with Crippen LogP contribution in [-0.4, -0.2) is 55.6 Å². The first kappa shape index (κ1) is 21.7. The molecule has 30 heavy (non-hydrogen) atoms. The van der Waals surface area contributed by atoms with E-state index in [1.807, 2.05) is 25.3 Å². The maximum atomic E-state index is 12.0. The molecule has 0 radical (unpaired) electrons. The van der Waals surface area contributed by atoms with Crippen LogP contribution in [0.5, 0.6) is 0 Å². The monoisotopic (exact) mass is 412 g/mol. The Labute approximate surface area is 178 Å². The third-order valence-electron chi connectivity index (χ3n) is 5.11. The van der Waals surface area contributed by atoms with Crippen LogP contribution in [0.4, 0.5) is 5.82 Å². The van der Waals surface area contributed by atoms with Gasteiger partial charge in [-0.15, -0.1) is 0 Å². The summed E-state index contributed by atoms with van der Waals surface area (Å²) in [5.41, 5.74) is 0.846. The van der Waals surface area contributed by atoms with Gasteiger partial charge in [-0.2, -0.15) is 0 Å². The first-order valence-electron chi connectivity index (χ1n) is 10.7. The third-order valence-corrected chi connectivity index (χ3v) is 5.11. The fourth-order valence-electron chi connectivity index (χ4n) is 3.46. The Morgan fingerprint density at radius 3 is 2.77 bits per heavy atom. The first-order valence-corrected chi connectivity index (χ1v) is 10.7. The highest BCUT2D eigenvalue weighted by Crippen LogP contribution is 2.17. The molecule has 0 spiro atoms. The van der Waals surface area contributed by atoms with E-state index in [-0.39, 0.29) is 5.91 Å². The molecule has 0 atom stereocenters. The molecular formula is C22H32N6O2. The molecule has 1 amide bonds. The Morgan fingerprint density at radius 1 is 1.27 bits per heavy atom. The van der Waals surface area contributed by atoms with Crippen LogP contribution < -0.4 is 20.9 Å². The second kappa shape index (κ2) is 11.2. The number of aromatic nitrogens is 1. The Bertz CT molecular complexity index is 812. The van der Waals surface area contributed by atoms with Gasteiger partial charge in [0.2, 0.25) is 0 Å². The van der Waals surface area contributed by atoms with E-state index in [2.05, 4.69) is 43.8 Å². The van der Waals surface area contributed by atoms with Crippen LogP contribution in [0.3, 0.4) is 0 Å². The number of amides is 1. The van der Waals surface area contributed by atoms with Crippen LogP contribution in [0.25, 0.3) is 0 Å². The molecule has 1 aliphatic rings. The molecule has 3 N–H and O–H groups in total. The number of piperidine rings is 1. The van der Waals surface area contributed by atoms with E-state index in [9.17, 15) is 4.79 Å². The lowest BCUT2D eigenvalue weighted by atomic mass is 10.1. The van der Waals surface area contributed by atoms with E-state index in [0.29, 0.717) is 24.9 Å². The van der Waals surface area contributed by atoms with Crippen molar-refractivity contribution in [2.24, 2.45) is 4.99 Å². The zero-order valence-electron chi connectivity index (χ0n) is 17.9. The number of hydrogen-bond acceptors (Lipinski definition) is 5. The van der Waals surface area contributed by atoms with Crippen LogP contribution in [-0.2, 0) is 0 Å². The molecule has 8 nitrogen and oxygen atoms in total. The second-order valence-electron chi connectivity index (χ2n) is 7.40. The fraction of sp³-hybridized carbons (Fsp3) is 0.500. The summed E-state index contributed by atoms with van der Waals surface area (Å²) >= 11 is 0. The normalized spacial score (nSPS) is 15.1. The summed E-state index contributed by atoms with van der Waals surface area (Å²) in [5.74, 6) is 2.09. The zero-order valence-corrected chi connectivity index (χ0v) is 17.9. The van der Waals surface area contributed by atoms with E-state index in [1.165, 1.54) is 6.26 Å². The number of aliphatic imine (C=N–C) groups is 1. The average Bonchev–Trinajstić information content (AvgIpc) is 3.20. The van der Waals surface area contributed by atoms with Crippen LogP contribution in [0, 0.1) is 6.92 Å². The standard InChI is InChI=1S/C22H32N6O2/c1-3-23-22(26-13-6-12-25-21(29)20-17(2)10-16-30-20)27-18-8-14-28(15-9-18)19-7-4-5-11-24-19/h4-5,7,10-11,16,18H,3,6,8-9,12-15H2,1-2H3,(H,25,29)(H2,23,26,27). The van der Waals surface area contributed by atoms with Gasteiger partial charge in [0, 0.05) is 50.5 Å². The minimum Gasteiger partial charge on any atom is -0.459 e. The first-order chi connectivity index (χ1) is 14.7. The van der Waals surface area contributed by atoms with Crippen LogP contribution in [0.15, 0.2) is 46.1 Å². The van der Waals surface area contributed by atoms with Crippen LogP contribution >= 0.6 is 0 Å². The molecule has 1 aliphatic heterocycles. The minimum atomic E-state index is -0.175. The molecule has 0 aliphatic carbocycles. The quantitative estimate of drug-likeness (QED) is 0.350. The van der Waals surface area contributed by atoms with Crippen molar-refractivity contribution in [3.05, 3.63) is 48.0 Å². The molecule has 0 bridgehead atoms. The third kappa shape index (κ3) is 6.23. The van der Waals surface area contributed by atoms with Crippen LogP contribution in [0.1, 0.15) is 42.3 Å². The highest BCUT2D eigenvalue weighted by Gasteiger charge is 2.20. The van der Waals surface area contributed by atoms with Crippen molar-refractivity contribution in [3.63, 3.8) is 0 Å². The van der Waals surface area contributed by atoms with Gasteiger partial charge in [0.25, 0.3) is 5.91 Å². The molecule has 2 aromatic rings. The van der Waals surface area contributed by atoms with Gasteiger partial charge in [0.15, 0.2) is 11.7 Å². The fourth-order valence-corrected chi connectivity index (χ4v) is 3.46. The van der Waals surface area contributed by atoms with Crippen molar-refractivity contribution in [1.82, 2.24) is 20.9 Å². The van der Waals surface area contributed by atoms with Crippen molar-refractivity contribution >= 4 is 17.7 Å². The van der Waals surface area contributed by atoms with Gasteiger partial charge in [-0.1, -0.05) is 6.07 Å². The lowest BCUT2D eigenvalue weighted by Crippen LogP contribution is -2.49. The number of furan rings is 1. The number of anilines is 1. The van der Waals surface area contributed by atoms with Gasteiger partial charge >= 0.3 is 0 Å². The number of nitrogens with one attached hydrogen (secondary N) is 3. The lowest BCUT2D eigenvalue weighted by molar-refractivity contribution is 0.0925. The highest BCUT2D eigenvalue weighted by molar-refractivity contribution is 5.92. The molecule has 0 saturated carbocycles. The topological polar surface area (TPSA) is 94.8 Å². The van der Waals surface area contributed by atoms with Crippen molar-refractivity contribution < 1.29 is 9.21 Å². The summed E-state index contributed by atoms with van der Waals surface area (Å²) in [7, 11) is 0. The number of pyridine rings is 1. The smallest absolute Gasteiger partial charge is 0.287 e. The van der Waals surface area contributed by atoms with Gasteiger partial charge in [-0.3, -0.25) is 9.79 Å². The number of rotatable bonds is 8. The predicted octanol–water partition coefficient (Wildman–Crippen LogP) is 2.33. The van der Waals surface area contributed by atoms with Gasteiger partial charge in [-0.25, -0.2) is 4.98 Å². The summed E-state index contributed by atoms with van der Waals surface area (Å²) in [6.07, 6.45) is 6.22. The van der Waals surface area contributed by atoms with E-state index in [1.54, 1.807) is 6.07 Å². The van der Waals surface area contributed by atoms with Crippen molar-refractivity contribution in [2.45, 2.75) is 39.2 Å².